The van der Waals surface area contributed by atoms with Crippen molar-refractivity contribution < 1.29 is 4.52 Å². The lowest BCUT2D eigenvalue weighted by atomic mass is 10.0. The van der Waals surface area contributed by atoms with Crippen molar-refractivity contribution in [3.63, 3.8) is 0 Å². The molecule has 0 bridgehead atoms. The minimum Gasteiger partial charge on any atom is -0.361 e. The van der Waals surface area contributed by atoms with E-state index in [1.165, 1.54) is 21.4 Å². The molecule has 37 heavy (non-hydrogen) atoms. The van der Waals surface area contributed by atoms with Gasteiger partial charge in [-0.2, -0.15) is 0 Å². The van der Waals surface area contributed by atoms with Gasteiger partial charge in [-0.05, 0) is 82.2 Å². The van der Waals surface area contributed by atoms with Gasteiger partial charge >= 0.3 is 0 Å². The van der Waals surface area contributed by atoms with Gasteiger partial charge in [0.15, 0.2) is 0 Å². The van der Waals surface area contributed by atoms with E-state index in [2.05, 4.69) is 113 Å². The number of aromatic nitrogens is 3. The van der Waals surface area contributed by atoms with Crippen LogP contribution in [-0.4, -0.2) is 15.1 Å². The fourth-order valence-electron chi connectivity index (χ4n) is 3.12. The van der Waals surface area contributed by atoms with Gasteiger partial charge in [0.2, 0.25) is 0 Å². The molecule has 3 heterocycles. The summed E-state index contributed by atoms with van der Waals surface area (Å²) in [6.45, 7) is 23.4. The second-order valence-electron chi connectivity index (χ2n) is 10.4. The Kier molecular flexibility index (Phi) is 11.9. The van der Waals surface area contributed by atoms with Crippen LogP contribution >= 0.6 is 22.7 Å². The number of hydrogen-bond donors (Lipinski definition) is 0. The summed E-state index contributed by atoms with van der Waals surface area (Å²) in [6, 6.07) is 8.51. The summed E-state index contributed by atoms with van der Waals surface area (Å²) in [5.74, 6) is 2.64. The highest BCUT2D eigenvalue weighted by molar-refractivity contribution is 7.18. The van der Waals surface area contributed by atoms with Crippen LogP contribution < -0.4 is 0 Å². The number of allylic oxidation sites excluding steroid dienone is 2. The van der Waals surface area contributed by atoms with Crippen LogP contribution in [0.15, 0.2) is 45.3 Å². The highest BCUT2D eigenvalue weighted by Gasteiger charge is 2.04. The maximum atomic E-state index is 4.95. The Morgan fingerprint density at radius 3 is 1.92 bits per heavy atom. The van der Waals surface area contributed by atoms with E-state index in [4.69, 9.17) is 4.52 Å². The fraction of sp³-hybridized carbons (Fsp3) is 0.452. The van der Waals surface area contributed by atoms with Gasteiger partial charge in [0.05, 0.1) is 25.9 Å². The zero-order valence-electron chi connectivity index (χ0n) is 24.3. The zero-order chi connectivity index (χ0) is 27.7. The molecule has 0 N–H and O–H groups in total. The van der Waals surface area contributed by atoms with Crippen molar-refractivity contribution in [3.05, 3.63) is 73.5 Å². The number of benzene rings is 1. The molecule has 1 aromatic carbocycles. The molecular weight excluding hydrogens is 494 g/mol. The third-order valence-electron chi connectivity index (χ3n) is 6.04. The van der Waals surface area contributed by atoms with E-state index in [1.807, 2.05) is 19.9 Å². The van der Waals surface area contributed by atoms with E-state index in [0.29, 0.717) is 17.8 Å². The number of fused-ring (bicyclic) bond motifs is 1. The third kappa shape index (κ3) is 10.4. The van der Waals surface area contributed by atoms with Crippen LogP contribution in [0.4, 0.5) is 0 Å². The highest BCUT2D eigenvalue weighted by atomic mass is 32.1. The maximum Gasteiger partial charge on any atom is 0.134 e. The molecular formula is C31H43N3OS2. The Bertz CT molecular complexity index is 1260. The molecule has 0 amide bonds. The lowest BCUT2D eigenvalue weighted by Gasteiger charge is -2.03. The molecule has 0 aliphatic heterocycles. The smallest absolute Gasteiger partial charge is 0.134 e. The number of thiazole rings is 2. The Hall–Kier alpha value is -2.57. The third-order valence-corrected chi connectivity index (χ3v) is 7.78. The zero-order valence-corrected chi connectivity index (χ0v) is 26.0. The topological polar surface area (TPSA) is 51.8 Å². The van der Waals surface area contributed by atoms with Gasteiger partial charge in [-0.3, -0.25) is 0 Å². The molecule has 3 aromatic heterocycles. The molecule has 4 aromatic rings. The molecule has 4 nitrogen and oxygen atoms in total. The van der Waals surface area contributed by atoms with E-state index in [-0.39, 0.29) is 0 Å². The Morgan fingerprint density at radius 1 is 0.811 bits per heavy atom. The van der Waals surface area contributed by atoms with Crippen LogP contribution in [0.25, 0.3) is 22.4 Å². The molecule has 0 saturated heterocycles. The van der Waals surface area contributed by atoms with Crippen molar-refractivity contribution in [2.45, 2.75) is 82.1 Å². The van der Waals surface area contributed by atoms with E-state index < -0.39 is 0 Å². The first-order valence-corrected chi connectivity index (χ1v) is 14.6. The summed E-state index contributed by atoms with van der Waals surface area (Å²) in [6.07, 6.45) is 4.22. The number of nitrogens with zero attached hydrogens (tertiary/aromatic N) is 3. The first kappa shape index (κ1) is 30.7. The summed E-state index contributed by atoms with van der Waals surface area (Å²) in [5, 5.41) is 8.27. The van der Waals surface area contributed by atoms with Gasteiger partial charge in [0.1, 0.15) is 11.5 Å². The molecule has 0 spiro atoms. The number of hydrogen-bond acceptors (Lipinski definition) is 6. The SMILES string of the molecule is C/C(=C\c1cc(C)on1)C(C)C.C/C(=C\c1csc(C)n1)C(C)C.Cc1nc2cc(C(C)C)ccc2s1. The Labute approximate surface area is 231 Å². The molecule has 0 atom stereocenters. The summed E-state index contributed by atoms with van der Waals surface area (Å²) >= 11 is 3.46. The average Bonchev–Trinajstić information content (AvgIpc) is 3.52. The lowest BCUT2D eigenvalue weighted by molar-refractivity contribution is 0.396. The number of aryl methyl sites for hydroxylation is 3. The molecule has 0 aliphatic rings. The summed E-state index contributed by atoms with van der Waals surface area (Å²) in [4.78, 5) is 8.85. The second kappa shape index (κ2) is 14.4. The summed E-state index contributed by atoms with van der Waals surface area (Å²) in [7, 11) is 0. The quantitative estimate of drug-likeness (QED) is 0.254. The molecule has 200 valence electrons. The second-order valence-corrected chi connectivity index (χ2v) is 12.7. The van der Waals surface area contributed by atoms with E-state index in [9.17, 15) is 0 Å². The van der Waals surface area contributed by atoms with E-state index >= 15 is 0 Å². The predicted octanol–water partition coefficient (Wildman–Crippen LogP) is 10.3. The highest BCUT2D eigenvalue weighted by Crippen LogP contribution is 2.25. The molecule has 0 saturated carbocycles. The summed E-state index contributed by atoms with van der Waals surface area (Å²) < 4.78 is 6.24. The fourth-order valence-corrected chi connectivity index (χ4v) is 4.50. The predicted molar refractivity (Wildman–Crippen MR) is 164 cm³/mol. The maximum absolute atomic E-state index is 4.95. The van der Waals surface area contributed by atoms with Gasteiger partial charge in [0, 0.05) is 11.4 Å². The Balaban J connectivity index is 0.000000195. The van der Waals surface area contributed by atoms with Crippen LogP contribution in [0.1, 0.15) is 94.0 Å². The molecule has 0 fully saturated rings. The van der Waals surface area contributed by atoms with Gasteiger partial charge < -0.3 is 4.52 Å². The molecule has 0 aliphatic carbocycles. The van der Waals surface area contributed by atoms with Crippen molar-refractivity contribution in [1.82, 2.24) is 15.1 Å². The van der Waals surface area contributed by atoms with E-state index in [0.717, 1.165) is 32.7 Å². The van der Waals surface area contributed by atoms with Crippen molar-refractivity contribution in [2.24, 2.45) is 11.8 Å². The van der Waals surface area contributed by atoms with Crippen molar-refractivity contribution in [1.29, 1.82) is 0 Å². The van der Waals surface area contributed by atoms with E-state index in [1.54, 1.807) is 22.7 Å². The van der Waals surface area contributed by atoms with Crippen molar-refractivity contribution >= 4 is 45.0 Å². The first-order valence-electron chi connectivity index (χ1n) is 12.9. The molecule has 6 heteroatoms. The standard InChI is InChI=1S/C11H13NS.C10H15NO.C10H15NS/c1-7(2)9-4-5-11-10(6-9)12-8(3)13-11;1-7(2)8(3)5-10-6-9(4)12-11-10;1-7(2)8(3)5-10-6-12-9(4)11-10/h4-7H,1-3H3;2*5-7H,1-4H3/b;2*8-5+. The Morgan fingerprint density at radius 2 is 1.43 bits per heavy atom. The first-order chi connectivity index (χ1) is 17.3. The largest absolute Gasteiger partial charge is 0.361 e. The monoisotopic (exact) mass is 537 g/mol. The minimum atomic E-state index is 0.571. The van der Waals surface area contributed by atoms with Crippen molar-refractivity contribution in [3.8, 4) is 0 Å². The van der Waals surface area contributed by atoms with Crippen LogP contribution in [0.3, 0.4) is 0 Å². The molecule has 0 unspecified atom stereocenters. The van der Waals surface area contributed by atoms with Gasteiger partial charge in [-0.25, -0.2) is 9.97 Å². The van der Waals surface area contributed by atoms with Gasteiger partial charge in [-0.15, -0.1) is 22.7 Å². The van der Waals surface area contributed by atoms with Crippen molar-refractivity contribution in [2.75, 3.05) is 0 Å². The van der Waals surface area contributed by atoms with Gasteiger partial charge in [0.25, 0.3) is 0 Å². The molecule has 0 radical (unpaired) electrons. The van der Waals surface area contributed by atoms with Crippen LogP contribution in [0.2, 0.25) is 0 Å². The van der Waals surface area contributed by atoms with Crippen LogP contribution in [-0.2, 0) is 0 Å². The van der Waals surface area contributed by atoms with Crippen LogP contribution in [0, 0.1) is 32.6 Å². The van der Waals surface area contributed by atoms with Gasteiger partial charge in [-0.1, -0.05) is 63.9 Å². The normalized spacial score (nSPS) is 12.2. The average molecular weight is 538 g/mol. The summed E-state index contributed by atoms with van der Waals surface area (Å²) in [5.41, 5.74) is 7.25. The minimum absolute atomic E-state index is 0.571. The molecule has 4 rings (SSSR count). The lowest BCUT2D eigenvalue weighted by Crippen LogP contribution is -1.88. The van der Waals surface area contributed by atoms with Crippen LogP contribution in [0.5, 0.6) is 0 Å². The number of rotatable bonds is 5.